The van der Waals surface area contributed by atoms with Gasteiger partial charge in [-0.1, -0.05) is 12.1 Å². The third kappa shape index (κ3) is 3.38. The third-order valence-corrected chi connectivity index (χ3v) is 5.00. The zero-order chi connectivity index (χ0) is 17.9. The zero-order valence-corrected chi connectivity index (χ0v) is 13.6. The number of anilines is 1. The van der Waals surface area contributed by atoms with Crippen molar-refractivity contribution in [2.75, 3.05) is 18.5 Å². The Labute approximate surface area is 142 Å². The summed E-state index contributed by atoms with van der Waals surface area (Å²) in [6.07, 6.45) is -0.0642. The van der Waals surface area contributed by atoms with Crippen molar-refractivity contribution < 1.29 is 27.9 Å². The predicted octanol–water partition coefficient (Wildman–Crippen LogP) is 1.71. The molecule has 1 aromatic carbocycles. The molecule has 0 spiro atoms. The topological polar surface area (TPSA) is 127 Å². The molecule has 2 N–H and O–H groups in total. The molecule has 3 rings (SSSR count). The fourth-order valence-corrected chi connectivity index (χ4v) is 3.74. The van der Waals surface area contributed by atoms with Crippen molar-refractivity contribution in [1.82, 2.24) is 4.98 Å². The Balaban J connectivity index is 2.14. The van der Waals surface area contributed by atoms with Gasteiger partial charge in [0.05, 0.1) is 16.1 Å². The maximum absolute atomic E-state index is 13.1. The highest BCUT2D eigenvalue weighted by Crippen LogP contribution is 2.29. The lowest BCUT2D eigenvalue weighted by Gasteiger charge is -2.16. The molecule has 2 heterocycles. The SMILES string of the molecule is O=C(O)Nc1ccccc1S(=O)(=O)c1ncccc1C1=NOCCO1. The molecule has 1 amide bonds. The van der Waals surface area contributed by atoms with E-state index in [1.54, 1.807) is 0 Å². The van der Waals surface area contributed by atoms with E-state index in [4.69, 9.17) is 14.7 Å². The number of aromatic nitrogens is 1. The summed E-state index contributed by atoms with van der Waals surface area (Å²) in [5.41, 5.74) is 0.0571. The first-order valence-corrected chi connectivity index (χ1v) is 8.60. The lowest BCUT2D eigenvalue weighted by atomic mass is 10.3. The minimum atomic E-state index is -4.15. The van der Waals surface area contributed by atoms with Crippen molar-refractivity contribution >= 4 is 27.5 Å². The van der Waals surface area contributed by atoms with E-state index < -0.39 is 15.9 Å². The molecule has 0 aliphatic carbocycles. The van der Waals surface area contributed by atoms with Gasteiger partial charge in [-0.15, -0.1) is 0 Å². The molecular weight excluding hydrogens is 350 g/mol. The summed E-state index contributed by atoms with van der Waals surface area (Å²) >= 11 is 0. The first-order chi connectivity index (χ1) is 12.0. The summed E-state index contributed by atoms with van der Waals surface area (Å²) in [7, 11) is -4.15. The smallest absolute Gasteiger partial charge is 0.409 e. The van der Waals surface area contributed by atoms with Crippen LogP contribution in [0.25, 0.3) is 0 Å². The van der Waals surface area contributed by atoms with Crippen LogP contribution in [0.15, 0.2) is 57.7 Å². The number of carbonyl (C=O) groups is 1. The van der Waals surface area contributed by atoms with Gasteiger partial charge >= 0.3 is 6.09 Å². The van der Waals surface area contributed by atoms with Crippen LogP contribution in [0.5, 0.6) is 0 Å². The van der Waals surface area contributed by atoms with Gasteiger partial charge in [0.15, 0.2) is 11.6 Å². The minimum Gasteiger partial charge on any atom is -0.471 e. The van der Waals surface area contributed by atoms with Gasteiger partial charge in [-0.25, -0.2) is 18.2 Å². The van der Waals surface area contributed by atoms with Crippen LogP contribution < -0.4 is 5.32 Å². The average Bonchev–Trinajstić information content (AvgIpc) is 2.62. The number of oxime groups is 1. The Morgan fingerprint density at radius 3 is 2.68 bits per heavy atom. The van der Waals surface area contributed by atoms with E-state index in [9.17, 15) is 13.2 Å². The molecule has 1 aliphatic heterocycles. The lowest BCUT2D eigenvalue weighted by Crippen LogP contribution is -2.21. The largest absolute Gasteiger partial charge is 0.471 e. The van der Waals surface area contributed by atoms with E-state index >= 15 is 0 Å². The molecule has 0 saturated carbocycles. The molecule has 130 valence electrons. The van der Waals surface area contributed by atoms with Crippen molar-refractivity contribution in [3.63, 3.8) is 0 Å². The highest BCUT2D eigenvalue weighted by atomic mass is 32.2. The first-order valence-electron chi connectivity index (χ1n) is 7.12. The van der Waals surface area contributed by atoms with E-state index in [2.05, 4.69) is 15.5 Å². The van der Waals surface area contributed by atoms with Crippen LogP contribution in [0.2, 0.25) is 0 Å². The van der Waals surface area contributed by atoms with Crippen LogP contribution in [0.1, 0.15) is 5.56 Å². The molecule has 0 atom stereocenters. The van der Waals surface area contributed by atoms with Crippen molar-refractivity contribution in [3.05, 3.63) is 48.2 Å². The fourth-order valence-electron chi connectivity index (χ4n) is 2.22. The van der Waals surface area contributed by atoms with Crippen molar-refractivity contribution in [3.8, 4) is 0 Å². The Hall–Kier alpha value is -3.14. The normalized spacial score (nSPS) is 14.0. The molecule has 2 aromatic rings. The monoisotopic (exact) mass is 363 g/mol. The molecule has 1 aromatic heterocycles. The number of pyridine rings is 1. The quantitative estimate of drug-likeness (QED) is 0.846. The Morgan fingerprint density at radius 1 is 1.16 bits per heavy atom. The van der Waals surface area contributed by atoms with Gasteiger partial charge < -0.3 is 14.7 Å². The van der Waals surface area contributed by atoms with Crippen LogP contribution in [0.4, 0.5) is 10.5 Å². The van der Waals surface area contributed by atoms with Crippen LogP contribution in [-0.2, 0) is 19.4 Å². The summed E-state index contributed by atoms with van der Waals surface area (Å²) in [5.74, 6) is 0.00148. The van der Waals surface area contributed by atoms with E-state index in [-0.39, 0.29) is 40.3 Å². The van der Waals surface area contributed by atoms with Gasteiger partial charge in [-0.2, -0.15) is 0 Å². The highest BCUT2D eigenvalue weighted by molar-refractivity contribution is 7.91. The molecule has 0 bridgehead atoms. The number of amides is 1. The summed E-state index contributed by atoms with van der Waals surface area (Å²) < 4.78 is 31.4. The van der Waals surface area contributed by atoms with Crippen LogP contribution in [-0.4, -0.2) is 43.7 Å². The number of para-hydroxylation sites is 1. The zero-order valence-electron chi connectivity index (χ0n) is 12.7. The van der Waals surface area contributed by atoms with Gasteiger partial charge in [-0.3, -0.25) is 5.32 Å². The maximum atomic E-state index is 13.1. The minimum absolute atomic E-state index is 0.00148. The molecule has 0 saturated heterocycles. The number of carboxylic acid groups (broad SMARTS) is 1. The first kappa shape index (κ1) is 16.7. The van der Waals surface area contributed by atoms with Crippen LogP contribution in [0.3, 0.4) is 0 Å². The lowest BCUT2D eigenvalue weighted by molar-refractivity contribution is 0.0653. The molecule has 0 fully saturated rings. The second-order valence-electron chi connectivity index (χ2n) is 4.86. The second-order valence-corrected chi connectivity index (χ2v) is 6.70. The van der Waals surface area contributed by atoms with Gasteiger partial charge in [0.2, 0.25) is 9.84 Å². The molecule has 0 unspecified atom stereocenters. The van der Waals surface area contributed by atoms with E-state index in [0.717, 1.165) is 0 Å². The van der Waals surface area contributed by atoms with Crippen LogP contribution in [0, 0.1) is 0 Å². The third-order valence-electron chi connectivity index (χ3n) is 3.24. The molecule has 0 radical (unpaired) electrons. The van der Waals surface area contributed by atoms with Crippen LogP contribution >= 0.6 is 0 Å². The van der Waals surface area contributed by atoms with Crippen molar-refractivity contribution in [2.45, 2.75) is 9.92 Å². The summed E-state index contributed by atoms with van der Waals surface area (Å²) in [4.78, 5) is 19.6. The van der Waals surface area contributed by atoms with Gasteiger partial charge in [0.25, 0.3) is 5.90 Å². The van der Waals surface area contributed by atoms with Crippen molar-refractivity contribution in [2.24, 2.45) is 5.16 Å². The summed E-state index contributed by atoms with van der Waals surface area (Å²) in [6, 6.07) is 8.67. The summed E-state index contributed by atoms with van der Waals surface area (Å²) in [5, 5.41) is 14.4. The highest BCUT2D eigenvalue weighted by Gasteiger charge is 2.29. The average molecular weight is 363 g/mol. The molecule has 25 heavy (non-hydrogen) atoms. The number of nitrogens with one attached hydrogen (secondary N) is 1. The van der Waals surface area contributed by atoms with E-state index in [0.29, 0.717) is 0 Å². The van der Waals surface area contributed by atoms with Gasteiger partial charge in [0.1, 0.15) is 6.61 Å². The number of benzene rings is 1. The Morgan fingerprint density at radius 2 is 1.96 bits per heavy atom. The number of hydrogen-bond donors (Lipinski definition) is 2. The molecule has 1 aliphatic rings. The predicted molar refractivity (Wildman–Crippen MR) is 86.2 cm³/mol. The molecule has 9 nitrogen and oxygen atoms in total. The Kier molecular flexibility index (Phi) is 4.52. The standard InChI is InChI=1S/C15H13N3O6S/c19-15(20)17-11-5-1-2-6-12(11)25(21,22)14-10(4-3-7-16-14)13-18-24-9-8-23-13/h1-7,17H,8-9H2,(H,19,20). The Bertz CT molecular complexity index is 942. The fraction of sp³-hybridized carbons (Fsp3) is 0.133. The number of hydrogen-bond acceptors (Lipinski definition) is 7. The van der Waals surface area contributed by atoms with E-state index in [1.807, 2.05) is 0 Å². The maximum Gasteiger partial charge on any atom is 0.409 e. The van der Waals surface area contributed by atoms with Gasteiger partial charge in [0, 0.05) is 6.20 Å². The summed E-state index contributed by atoms with van der Waals surface area (Å²) in [6.45, 7) is 0.488. The number of rotatable bonds is 4. The van der Waals surface area contributed by atoms with E-state index in [1.165, 1.54) is 42.6 Å². The van der Waals surface area contributed by atoms with Crippen molar-refractivity contribution in [1.29, 1.82) is 0 Å². The number of nitrogens with zero attached hydrogens (tertiary/aromatic N) is 2. The molecule has 10 heteroatoms. The number of ether oxygens (including phenoxy) is 1. The molecular formula is C15H13N3O6S. The number of sulfone groups is 1. The second kappa shape index (κ2) is 6.77. The van der Waals surface area contributed by atoms with Gasteiger partial charge in [-0.05, 0) is 29.4 Å².